The van der Waals surface area contributed by atoms with Crippen molar-refractivity contribution < 1.29 is 38.7 Å². The summed E-state index contributed by atoms with van der Waals surface area (Å²) in [5, 5.41) is 18.4. The van der Waals surface area contributed by atoms with Crippen LogP contribution in [0.2, 0.25) is 0 Å². The summed E-state index contributed by atoms with van der Waals surface area (Å²) < 4.78 is 20.5. The van der Waals surface area contributed by atoms with E-state index in [4.69, 9.17) is 60.5 Å². The van der Waals surface area contributed by atoms with Gasteiger partial charge in [0, 0.05) is 54.4 Å². The van der Waals surface area contributed by atoms with Crippen LogP contribution in [0.4, 0.5) is 0 Å². The fraction of sp³-hybridized carbons (Fsp3) is 0.320. The molecule has 0 unspecified atom stereocenters. The minimum absolute atomic E-state index is 0.120. The first-order valence-electron chi connectivity index (χ1n) is 11.0. The molecule has 220 valence electrons. The second-order valence-corrected chi connectivity index (χ2v) is 9.75. The van der Waals surface area contributed by atoms with Crippen LogP contribution in [0.25, 0.3) is 0 Å². The van der Waals surface area contributed by atoms with Crippen LogP contribution in [-0.4, -0.2) is 108 Å². The lowest BCUT2D eigenvalue weighted by atomic mass is 10.2. The zero-order valence-corrected chi connectivity index (χ0v) is 26.5. The molecule has 0 spiro atoms. The molecular formula is C25H32ClN3O8S3. The molecule has 2 aromatic carbocycles. The second-order valence-electron chi connectivity index (χ2n) is 8.09. The first-order chi connectivity index (χ1) is 18.5. The van der Waals surface area contributed by atoms with E-state index in [-0.39, 0.29) is 33.0 Å². The van der Waals surface area contributed by atoms with Gasteiger partial charge in [0.25, 0.3) is 10.3 Å². The number of carbonyl (C=O) groups excluding carboxylic acids is 2. The summed E-state index contributed by atoms with van der Waals surface area (Å²) in [5.74, 6) is -0.731. The SMILES string of the molecule is CN(C)C(=S)Cl.COC(=O)c1cc(O)cc(O)c1.COC(=O)c1cc(OC(=S)N(C)C)cc(OC(=S)N(C)C)c1. The Labute approximate surface area is 254 Å². The van der Waals surface area contributed by atoms with Crippen LogP contribution in [0.15, 0.2) is 36.4 Å². The molecule has 0 radical (unpaired) electrons. The molecule has 0 heterocycles. The Morgan fingerprint density at radius 1 is 0.650 bits per heavy atom. The number of hydrogen-bond donors (Lipinski definition) is 2. The molecule has 2 aromatic rings. The Hall–Kier alpha value is -3.46. The quantitative estimate of drug-likeness (QED) is 0.219. The van der Waals surface area contributed by atoms with Crippen molar-refractivity contribution in [3.8, 4) is 23.0 Å². The summed E-state index contributed by atoms with van der Waals surface area (Å²) in [5.41, 5.74) is 0.396. The van der Waals surface area contributed by atoms with Gasteiger partial charge in [0.1, 0.15) is 23.0 Å². The molecule has 0 saturated carbocycles. The average molecular weight is 634 g/mol. The van der Waals surface area contributed by atoms with Gasteiger partial charge >= 0.3 is 11.9 Å². The first-order valence-corrected chi connectivity index (χ1v) is 12.6. The van der Waals surface area contributed by atoms with E-state index in [2.05, 4.69) is 17.0 Å². The van der Waals surface area contributed by atoms with Crippen molar-refractivity contribution in [3.63, 3.8) is 0 Å². The maximum Gasteiger partial charge on any atom is 0.338 e. The molecular weight excluding hydrogens is 602 g/mol. The van der Waals surface area contributed by atoms with Gasteiger partial charge in [-0.2, -0.15) is 0 Å². The number of aromatic hydroxyl groups is 2. The summed E-state index contributed by atoms with van der Waals surface area (Å²) in [4.78, 5) is 27.5. The summed E-state index contributed by atoms with van der Waals surface area (Å²) in [6.45, 7) is 0. The smallest absolute Gasteiger partial charge is 0.338 e. The number of carbonyl (C=O) groups is 2. The molecule has 2 rings (SSSR count). The predicted molar refractivity (Wildman–Crippen MR) is 165 cm³/mol. The minimum Gasteiger partial charge on any atom is -0.508 e. The third-order valence-corrected chi connectivity index (χ3v) is 5.72. The van der Waals surface area contributed by atoms with Crippen LogP contribution >= 0.6 is 48.3 Å². The number of thiocarbonyl (C=S) groups is 3. The first kappa shape index (κ1) is 36.5. The monoisotopic (exact) mass is 633 g/mol. The van der Waals surface area contributed by atoms with Crippen LogP contribution < -0.4 is 9.47 Å². The van der Waals surface area contributed by atoms with E-state index < -0.39 is 11.9 Å². The number of hydrogen-bond acceptors (Lipinski definition) is 11. The molecule has 0 aliphatic heterocycles. The van der Waals surface area contributed by atoms with Crippen molar-refractivity contribution >= 4 is 75.0 Å². The molecule has 0 aliphatic carbocycles. The van der Waals surface area contributed by atoms with Crippen LogP contribution in [0, 0.1) is 0 Å². The van der Waals surface area contributed by atoms with Gasteiger partial charge in [0.05, 0.1) is 25.3 Å². The standard InChI is InChI=1S/C14H18N2O4S2.C8H8O4.C3H6ClNS/c1-15(2)13(21)19-10-6-9(12(17)18-5)7-11(8-10)20-14(22)16(3)4;1-12-8(11)5-2-6(9)4-7(10)3-5;1-5(2)3(4)6/h6-8H,1-5H3;2-4,9-10H,1H3;1-2H3. The Bertz CT molecular complexity index is 1150. The highest BCUT2D eigenvalue weighted by Gasteiger charge is 2.14. The van der Waals surface area contributed by atoms with Crippen LogP contribution in [0.5, 0.6) is 23.0 Å². The molecule has 0 bridgehead atoms. The molecule has 0 aromatic heterocycles. The summed E-state index contributed by atoms with van der Waals surface area (Å²) in [6, 6.07) is 8.20. The average Bonchev–Trinajstić information content (AvgIpc) is 2.87. The highest BCUT2D eigenvalue weighted by Crippen LogP contribution is 2.25. The number of nitrogens with zero attached hydrogens (tertiary/aromatic N) is 3. The maximum atomic E-state index is 11.7. The van der Waals surface area contributed by atoms with Crippen LogP contribution in [-0.2, 0) is 9.47 Å². The van der Waals surface area contributed by atoms with Gasteiger partial charge in [-0.25, -0.2) is 9.59 Å². The zero-order chi connectivity index (χ0) is 31.2. The van der Waals surface area contributed by atoms with E-state index >= 15 is 0 Å². The van der Waals surface area contributed by atoms with E-state index in [0.717, 1.165) is 6.07 Å². The van der Waals surface area contributed by atoms with Gasteiger partial charge in [-0.1, -0.05) is 11.6 Å². The van der Waals surface area contributed by atoms with Crippen molar-refractivity contribution in [3.05, 3.63) is 47.5 Å². The Balaban J connectivity index is 0.000000701. The molecule has 40 heavy (non-hydrogen) atoms. The van der Waals surface area contributed by atoms with E-state index in [9.17, 15) is 9.59 Å². The van der Waals surface area contributed by atoms with E-state index in [1.165, 1.54) is 38.5 Å². The topological polar surface area (TPSA) is 121 Å². The molecule has 11 nitrogen and oxygen atoms in total. The number of phenolic OH excluding ortho intramolecular Hbond substituents is 2. The van der Waals surface area contributed by atoms with E-state index in [1.54, 1.807) is 63.1 Å². The van der Waals surface area contributed by atoms with Gasteiger partial charge < -0.3 is 43.9 Å². The molecule has 2 N–H and O–H groups in total. The molecule has 0 amide bonds. The summed E-state index contributed by atoms with van der Waals surface area (Å²) in [7, 11) is 13.1. The summed E-state index contributed by atoms with van der Waals surface area (Å²) >= 11 is 19.9. The molecule has 15 heteroatoms. The normalized spacial score (nSPS) is 9.32. The van der Waals surface area contributed by atoms with Gasteiger partial charge in [0.2, 0.25) is 0 Å². The fourth-order valence-electron chi connectivity index (χ4n) is 2.14. The Morgan fingerprint density at radius 2 is 0.975 bits per heavy atom. The fourth-order valence-corrected chi connectivity index (χ4v) is 2.33. The zero-order valence-electron chi connectivity index (χ0n) is 23.3. The number of methoxy groups -OCH3 is 2. The van der Waals surface area contributed by atoms with Gasteiger partial charge in [0.15, 0.2) is 4.45 Å². The lowest BCUT2D eigenvalue weighted by molar-refractivity contribution is 0.0591. The molecule has 0 saturated heterocycles. The lowest BCUT2D eigenvalue weighted by Crippen LogP contribution is -2.26. The van der Waals surface area contributed by atoms with Crippen molar-refractivity contribution in [2.24, 2.45) is 0 Å². The largest absolute Gasteiger partial charge is 0.508 e. The number of benzene rings is 2. The third-order valence-electron chi connectivity index (χ3n) is 4.12. The number of phenols is 2. The third kappa shape index (κ3) is 14.1. The van der Waals surface area contributed by atoms with Gasteiger partial charge in [-0.15, -0.1) is 0 Å². The number of halogens is 1. The van der Waals surface area contributed by atoms with E-state index in [0.29, 0.717) is 15.9 Å². The highest BCUT2D eigenvalue weighted by atomic mass is 35.5. The van der Waals surface area contributed by atoms with Crippen LogP contribution in [0.1, 0.15) is 20.7 Å². The van der Waals surface area contributed by atoms with Crippen molar-refractivity contribution in [2.75, 3.05) is 56.5 Å². The Kier molecular flexibility index (Phi) is 16.4. The molecule has 0 atom stereocenters. The second kappa shape index (κ2) is 18.0. The van der Waals surface area contributed by atoms with Crippen molar-refractivity contribution in [1.29, 1.82) is 0 Å². The number of rotatable bonds is 4. The minimum atomic E-state index is -0.596. The molecule has 0 aliphatic rings. The predicted octanol–water partition coefficient (Wildman–Crippen LogP) is 3.88. The highest BCUT2D eigenvalue weighted by molar-refractivity contribution is 7.83. The lowest BCUT2D eigenvalue weighted by Gasteiger charge is -2.17. The Morgan fingerprint density at radius 3 is 1.25 bits per heavy atom. The summed E-state index contributed by atoms with van der Waals surface area (Å²) in [6.07, 6.45) is 0. The van der Waals surface area contributed by atoms with E-state index in [1.807, 2.05) is 0 Å². The van der Waals surface area contributed by atoms with Gasteiger partial charge in [-0.05, 0) is 60.9 Å². The van der Waals surface area contributed by atoms with Crippen molar-refractivity contribution in [1.82, 2.24) is 14.7 Å². The van der Waals surface area contributed by atoms with Gasteiger partial charge in [-0.3, -0.25) is 0 Å². The number of esters is 2. The van der Waals surface area contributed by atoms with Crippen molar-refractivity contribution in [2.45, 2.75) is 0 Å². The van der Waals surface area contributed by atoms with Crippen LogP contribution in [0.3, 0.4) is 0 Å². The molecule has 0 fully saturated rings. The maximum absolute atomic E-state index is 11.7. The number of ether oxygens (including phenoxy) is 4.